The summed E-state index contributed by atoms with van der Waals surface area (Å²) in [5.74, 6) is -0.116. The van der Waals surface area contributed by atoms with Gasteiger partial charge in [0.15, 0.2) is 0 Å². The van der Waals surface area contributed by atoms with Gasteiger partial charge >= 0.3 is 6.03 Å². The lowest BCUT2D eigenvalue weighted by molar-refractivity contribution is 0.0948. The summed E-state index contributed by atoms with van der Waals surface area (Å²) < 4.78 is 0. The van der Waals surface area contributed by atoms with Gasteiger partial charge in [-0.15, -0.1) is 0 Å². The first-order valence-corrected chi connectivity index (χ1v) is 8.69. The first kappa shape index (κ1) is 18.3. The van der Waals surface area contributed by atoms with Crippen LogP contribution in [-0.4, -0.2) is 48.6 Å². The molecule has 2 rings (SSSR count). The molecule has 1 aromatic rings. The lowest BCUT2D eigenvalue weighted by atomic mass is 10.2. The standard InChI is InChI=1S/C18H28N4O2/c1-4-22(16-8-9-16)11-10-19-17(23)14-6-5-7-15(12-14)21-18(24)20-13(2)3/h5-7,12-13,16H,4,8-11H2,1-3H3,(H,19,23)(H2,20,21,24). The summed E-state index contributed by atoms with van der Waals surface area (Å²) in [7, 11) is 0. The molecule has 0 aromatic heterocycles. The van der Waals surface area contributed by atoms with Gasteiger partial charge < -0.3 is 16.0 Å². The Bertz CT molecular complexity index is 570. The second kappa shape index (κ2) is 8.68. The Balaban J connectivity index is 1.83. The molecule has 3 N–H and O–H groups in total. The average molecular weight is 332 g/mol. The molecule has 0 atom stereocenters. The molecule has 1 saturated carbocycles. The van der Waals surface area contributed by atoms with Crippen LogP contribution in [0.3, 0.4) is 0 Å². The molecule has 0 aliphatic heterocycles. The van der Waals surface area contributed by atoms with Crippen LogP contribution < -0.4 is 16.0 Å². The molecule has 0 unspecified atom stereocenters. The van der Waals surface area contributed by atoms with E-state index in [2.05, 4.69) is 27.8 Å². The predicted octanol–water partition coefficient (Wildman–Crippen LogP) is 2.43. The van der Waals surface area contributed by atoms with Crippen molar-refractivity contribution in [3.8, 4) is 0 Å². The van der Waals surface area contributed by atoms with E-state index in [0.717, 1.165) is 13.1 Å². The Kier molecular flexibility index (Phi) is 6.61. The third-order valence-electron chi connectivity index (χ3n) is 3.96. The Labute approximate surface area is 144 Å². The molecule has 6 heteroatoms. The van der Waals surface area contributed by atoms with Gasteiger partial charge in [-0.3, -0.25) is 9.69 Å². The van der Waals surface area contributed by atoms with Gasteiger partial charge in [-0.2, -0.15) is 0 Å². The van der Waals surface area contributed by atoms with Crippen molar-refractivity contribution in [2.45, 2.75) is 45.7 Å². The minimum atomic E-state index is -0.273. The fourth-order valence-corrected chi connectivity index (χ4v) is 2.62. The van der Waals surface area contributed by atoms with Crippen molar-refractivity contribution in [1.82, 2.24) is 15.5 Å². The summed E-state index contributed by atoms with van der Waals surface area (Å²) in [6.07, 6.45) is 2.54. The van der Waals surface area contributed by atoms with E-state index in [0.29, 0.717) is 23.8 Å². The number of benzene rings is 1. The Morgan fingerprint density at radius 1 is 1.29 bits per heavy atom. The van der Waals surface area contributed by atoms with Gasteiger partial charge in [0.1, 0.15) is 0 Å². The van der Waals surface area contributed by atoms with Crippen LogP contribution in [0.15, 0.2) is 24.3 Å². The number of anilines is 1. The average Bonchev–Trinajstić information content (AvgIpc) is 3.35. The van der Waals surface area contributed by atoms with E-state index in [4.69, 9.17) is 0 Å². The maximum Gasteiger partial charge on any atom is 0.319 e. The van der Waals surface area contributed by atoms with Crippen molar-refractivity contribution in [3.05, 3.63) is 29.8 Å². The third-order valence-corrected chi connectivity index (χ3v) is 3.96. The molecule has 132 valence electrons. The number of hydrogen-bond donors (Lipinski definition) is 3. The summed E-state index contributed by atoms with van der Waals surface area (Å²) in [5.41, 5.74) is 1.15. The summed E-state index contributed by atoms with van der Waals surface area (Å²) in [6.45, 7) is 8.47. The van der Waals surface area contributed by atoms with Crippen LogP contribution in [-0.2, 0) is 0 Å². The molecule has 6 nitrogen and oxygen atoms in total. The maximum atomic E-state index is 12.3. The van der Waals surface area contributed by atoms with E-state index in [1.807, 2.05) is 13.8 Å². The van der Waals surface area contributed by atoms with E-state index >= 15 is 0 Å². The summed E-state index contributed by atoms with van der Waals surface area (Å²) in [5, 5.41) is 8.44. The van der Waals surface area contributed by atoms with E-state index in [9.17, 15) is 9.59 Å². The Morgan fingerprint density at radius 2 is 2.04 bits per heavy atom. The largest absolute Gasteiger partial charge is 0.351 e. The van der Waals surface area contributed by atoms with Crippen LogP contribution >= 0.6 is 0 Å². The first-order chi connectivity index (χ1) is 11.5. The zero-order valence-electron chi connectivity index (χ0n) is 14.8. The van der Waals surface area contributed by atoms with Gasteiger partial charge in [0, 0.05) is 36.4 Å². The van der Waals surface area contributed by atoms with Crippen LogP contribution in [0.1, 0.15) is 44.0 Å². The van der Waals surface area contributed by atoms with E-state index in [1.54, 1.807) is 24.3 Å². The lowest BCUT2D eigenvalue weighted by Gasteiger charge is -2.19. The highest BCUT2D eigenvalue weighted by atomic mass is 16.2. The number of rotatable bonds is 8. The van der Waals surface area contributed by atoms with Crippen LogP contribution in [0.2, 0.25) is 0 Å². The summed E-state index contributed by atoms with van der Waals surface area (Å²) in [4.78, 5) is 26.4. The van der Waals surface area contributed by atoms with Crippen LogP contribution in [0.25, 0.3) is 0 Å². The molecule has 0 radical (unpaired) electrons. The molecule has 1 fully saturated rings. The Hall–Kier alpha value is -2.08. The van der Waals surface area contributed by atoms with Crippen molar-refractivity contribution in [2.75, 3.05) is 25.0 Å². The van der Waals surface area contributed by atoms with Crippen molar-refractivity contribution in [1.29, 1.82) is 0 Å². The fourth-order valence-electron chi connectivity index (χ4n) is 2.62. The van der Waals surface area contributed by atoms with Crippen molar-refractivity contribution in [2.24, 2.45) is 0 Å². The fraction of sp³-hybridized carbons (Fsp3) is 0.556. The monoisotopic (exact) mass is 332 g/mol. The second-order valence-electron chi connectivity index (χ2n) is 6.45. The second-order valence-corrected chi connectivity index (χ2v) is 6.45. The van der Waals surface area contributed by atoms with Crippen LogP contribution in [0, 0.1) is 0 Å². The van der Waals surface area contributed by atoms with E-state index in [-0.39, 0.29) is 18.0 Å². The Morgan fingerprint density at radius 3 is 2.67 bits per heavy atom. The molecule has 1 aliphatic rings. The van der Waals surface area contributed by atoms with Gasteiger partial charge in [-0.25, -0.2) is 4.79 Å². The molecule has 0 heterocycles. The van der Waals surface area contributed by atoms with E-state index in [1.165, 1.54) is 12.8 Å². The maximum absolute atomic E-state index is 12.3. The summed E-state index contributed by atoms with van der Waals surface area (Å²) >= 11 is 0. The van der Waals surface area contributed by atoms with Gasteiger partial charge in [0.25, 0.3) is 5.91 Å². The zero-order valence-corrected chi connectivity index (χ0v) is 14.8. The highest BCUT2D eigenvalue weighted by Crippen LogP contribution is 2.25. The topological polar surface area (TPSA) is 73.5 Å². The molecule has 0 saturated heterocycles. The number of carbonyl (C=O) groups excluding carboxylic acids is 2. The molecular formula is C18H28N4O2. The van der Waals surface area contributed by atoms with Gasteiger partial charge in [0.05, 0.1) is 0 Å². The van der Waals surface area contributed by atoms with Crippen LogP contribution in [0.5, 0.6) is 0 Å². The molecule has 0 spiro atoms. The van der Waals surface area contributed by atoms with Crippen molar-refractivity contribution >= 4 is 17.6 Å². The van der Waals surface area contributed by atoms with Gasteiger partial charge in [-0.1, -0.05) is 13.0 Å². The highest BCUT2D eigenvalue weighted by molar-refractivity contribution is 5.96. The van der Waals surface area contributed by atoms with Gasteiger partial charge in [0.2, 0.25) is 0 Å². The molecular weight excluding hydrogens is 304 g/mol. The molecule has 1 aliphatic carbocycles. The number of nitrogens with zero attached hydrogens (tertiary/aromatic N) is 1. The normalized spacial score (nSPS) is 13.9. The van der Waals surface area contributed by atoms with E-state index < -0.39 is 0 Å². The summed E-state index contributed by atoms with van der Waals surface area (Å²) in [6, 6.07) is 7.46. The van der Waals surface area contributed by atoms with Crippen molar-refractivity contribution < 1.29 is 9.59 Å². The number of likely N-dealkylation sites (N-methyl/N-ethyl adjacent to an activating group) is 1. The lowest BCUT2D eigenvalue weighted by Crippen LogP contribution is -2.36. The number of hydrogen-bond acceptors (Lipinski definition) is 3. The number of amides is 3. The highest BCUT2D eigenvalue weighted by Gasteiger charge is 2.27. The number of carbonyl (C=O) groups is 2. The quantitative estimate of drug-likeness (QED) is 0.684. The first-order valence-electron chi connectivity index (χ1n) is 8.69. The minimum Gasteiger partial charge on any atom is -0.351 e. The molecule has 1 aromatic carbocycles. The van der Waals surface area contributed by atoms with Crippen molar-refractivity contribution in [3.63, 3.8) is 0 Å². The molecule has 0 bridgehead atoms. The zero-order chi connectivity index (χ0) is 17.5. The third kappa shape index (κ3) is 5.85. The molecule has 3 amide bonds. The predicted molar refractivity (Wildman–Crippen MR) is 96.3 cm³/mol. The van der Waals surface area contributed by atoms with Crippen LogP contribution in [0.4, 0.5) is 10.5 Å². The minimum absolute atomic E-state index is 0.0597. The van der Waals surface area contributed by atoms with Gasteiger partial charge in [-0.05, 0) is 51.4 Å². The smallest absolute Gasteiger partial charge is 0.319 e. The molecule has 24 heavy (non-hydrogen) atoms. The number of urea groups is 1. The number of nitrogens with one attached hydrogen (secondary N) is 3. The SMILES string of the molecule is CCN(CCNC(=O)c1cccc(NC(=O)NC(C)C)c1)C1CC1.